The SMILES string of the molecule is CNC(=O)C(C)N(c1cc(C)cc(C)c1)S(C)(=O)=O. The molecule has 0 spiro atoms. The first-order chi connectivity index (χ1) is 8.66. The van der Waals surface area contributed by atoms with E-state index in [1.807, 2.05) is 19.9 Å². The van der Waals surface area contributed by atoms with Crippen LogP contribution in [0.25, 0.3) is 0 Å². The number of benzene rings is 1. The van der Waals surface area contributed by atoms with Crippen molar-refractivity contribution in [1.29, 1.82) is 0 Å². The number of hydrogen-bond donors (Lipinski definition) is 1. The third kappa shape index (κ3) is 3.70. The summed E-state index contributed by atoms with van der Waals surface area (Å²) in [5, 5.41) is 2.47. The number of likely N-dealkylation sites (N-methyl/N-ethyl adjacent to an activating group) is 1. The maximum Gasteiger partial charge on any atom is 0.243 e. The minimum Gasteiger partial charge on any atom is -0.357 e. The van der Waals surface area contributed by atoms with Crippen molar-refractivity contribution in [3.8, 4) is 0 Å². The smallest absolute Gasteiger partial charge is 0.243 e. The maximum atomic E-state index is 12.0. The minimum absolute atomic E-state index is 0.343. The topological polar surface area (TPSA) is 66.5 Å². The third-order valence-corrected chi connectivity index (χ3v) is 4.04. The molecule has 0 aromatic heterocycles. The van der Waals surface area contributed by atoms with Gasteiger partial charge in [-0.05, 0) is 44.0 Å². The molecule has 0 aliphatic heterocycles. The number of nitrogens with zero attached hydrogens (tertiary/aromatic N) is 1. The van der Waals surface area contributed by atoms with Gasteiger partial charge in [0.15, 0.2) is 0 Å². The summed E-state index contributed by atoms with van der Waals surface area (Å²) < 4.78 is 25.1. The van der Waals surface area contributed by atoms with Crippen LogP contribution < -0.4 is 9.62 Å². The van der Waals surface area contributed by atoms with Crippen LogP contribution in [0, 0.1) is 13.8 Å². The molecule has 0 heterocycles. The molecule has 1 N–H and O–H groups in total. The highest BCUT2D eigenvalue weighted by atomic mass is 32.2. The van der Waals surface area contributed by atoms with Gasteiger partial charge >= 0.3 is 0 Å². The Morgan fingerprint density at radius 3 is 2.05 bits per heavy atom. The molecule has 106 valence electrons. The molecule has 1 aromatic carbocycles. The van der Waals surface area contributed by atoms with E-state index in [2.05, 4.69) is 5.32 Å². The van der Waals surface area contributed by atoms with Gasteiger partial charge < -0.3 is 5.32 Å². The molecule has 1 aromatic rings. The maximum absolute atomic E-state index is 12.0. The Morgan fingerprint density at radius 1 is 1.21 bits per heavy atom. The number of carbonyl (C=O) groups excluding carboxylic acids is 1. The number of aryl methyl sites for hydroxylation is 2. The lowest BCUT2D eigenvalue weighted by atomic mass is 10.1. The van der Waals surface area contributed by atoms with Crippen molar-refractivity contribution >= 4 is 21.6 Å². The van der Waals surface area contributed by atoms with Gasteiger partial charge in [0.05, 0.1) is 11.9 Å². The number of anilines is 1. The highest BCUT2D eigenvalue weighted by Gasteiger charge is 2.28. The van der Waals surface area contributed by atoms with Crippen molar-refractivity contribution in [3.05, 3.63) is 29.3 Å². The summed E-state index contributed by atoms with van der Waals surface area (Å²) in [6, 6.07) is 4.68. The molecule has 0 saturated heterocycles. The van der Waals surface area contributed by atoms with Gasteiger partial charge in [-0.25, -0.2) is 8.42 Å². The predicted molar refractivity (Wildman–Crippen MR) is 76.8 cm³/mol. The van der Waals surface area contributed by atoms with Gasteiger partial charge in [-0.3, -0.25) is 9.10 Å². The van der Waals surface area contributed by atoms with Crippen molar-refractivity contribution in [1.82, 2.24) is 5.32 Å². The Labute approximate surface area is 114 Å². The minimum atomic E-state index is -3.53. The normalized spacial score (nSPS) is 12.9. The van der Waals surface area contributed by atoms with E-state index in [0.717, 1.165) is 21.7 Å². The molecule has 0 aliphatic carbocycles. The van der Waals surface area contributed by atoms with E-state index < -0.39 is 16.1 Å². The molecule has 19 heavy (non-hydrogen) atoms. The number of carbonyl (C=O) groups is 1. The van der Waals surface area contributed by atoms with Gasteiger partial charge in [0.1, 0.15) is 6.04 Å². The van der Waals surface area contributed by atoms with E-state index in [1.54, 1.807) is 19.1 Å². The van der Waals surface area contributed by atoms with E-state index in [1.165, 1.54) is 7.05 Å². The Morgan fingerprint density at radius 2 is 1.68 bits per heavy atom. The van der Waals surface area contributed by atoms with Gasteiger partial charge in [0.2, 0.25) is 15.9 Å². The average molecular weight is 284 g/mol. The van der Waals surface area contributed by atoms with Crippen molar-refractivity contribution in [2.45, 2.75) is 26.8 Å². The molecule has 1 atom stereocenters. The number of amides is 1. The van der Waals surface area contributed by atoms with Crippen LogP contribution in [0.15, 0.2) is 18.2 Å². The van der Waals surface area contributed by atoms with Crippen LogP contribution in [0.5, 0.6) is 0 Å². The summed E-state index contributed by atoms with van der Waals surface area (Å²) >= 11 is 0. The molecule has 1 unspecified atom stereocenters. The summed E-state index contributed by atoms with van der Waals surface area (Å²) in [4.78, 5) is 11.7. The van der Waals surface area contributed by atoms with E-state index in [4.69, 9.17) is 0 Å². The Balaban J connectivity index is 3.37. The van der Waals surface area contributed by atoms with Crippen LogP contribution in [0.2, 0.25) is 0 Å². The Kier molecular flexibility index (Phi) is 4.57. The lowest BCUT2D eigenvalue weighted by Crippen LogP contribution is -2.47. The van der Waals surface area contributed by atoms with Gasteiger partial charge in [0, 0.05) is 7.05 Å². The fourth-order valence-electron chi connectivity index (χ4n) is 2.10. The second kappa shape index (κ2) is 5.61. The van der Waals surface area contributed by atoms with E-state index in [0.29, 0.717) is 5.69 Å². The van der Waals surface area contributed by atoms with Gasteiger partial charge in [-0.1, -0.05) is 6.07 Å². The number of rotatable bonds is 4. The van der Waals surface area contributed by atoms with Crippen molar-refractivity contribution in [3.63, 3.8) is 0 Å². The molecule has 1 rings (SSSR count). The summed E-state index contributed by atoms with van der Waals surface area (Å²) in [5.41, 5.74) is 2.41. The zero-order chi connectivity index (χ0) is 14.8. The van der Waals surface area contributed by atoms with Crippen molar-refractivity contribution in [2.75, 3.05) is 17.6 Å². The summed E-state index contributed by atoms with van der Waals surface area (Å²) in [6.45, 7) is 5.35. The summed E-state index contributed by atoms with van der Waals surface area (Å²) in [6.07, 6.45) is 1.10. The lowest BCUT2D eigenvalue weighted by Gasteiger charge is -2.28. The monoisotopic (exact) mass is 284 g/mol. The van der Waals surface area contributed by atoms with E-state index in [9.17, 15) is 13.2 Å². The van der Waals surface area contributed by atoms with Crippen LogP contribution in [0.4, 0.5) is 5.69 Å². The fraction of sp³-hybridized carbons (Fsp3) is 0.462. The van der Waals surface area contributed by atoms with E-state index in [-0.39, 0.29) is 5.91 Å². The molecular formula is C13H20N2O3S. The quantitative estimate of drug-likeness (QED) is 0.903. The van der Waals surface area contributed by atoms with Gasteiger partial charge in [-0.15, -0.1) is 0 Å². The van der Waals surface area contributed by atoms with Crippen LogP contribution in [0.3, 0.4) is 0 Å². The number of hydrogen-bond acceptors (Lipinski definition) is 3. The van der Waals surface area contributed by atoms with Crippen LogP contribution in [-0.2, 0) is 14.8 Å². The Hall–Kier alpha value is -1.56. The van der Waals surface area contributed by atoms with Crippen molar-refractivity contribution < 1.29 is 13.2 Å². The van der Waals surface area contributed by atoms with Crippen LogP contribution >= 0.6 is 0 Å². The van der Waals surface area contributed by atoms with Crippen LogP contribution in [0.1, 0.15) is 18.1 Å². The molecule has 0 radical (unpaired) electrons. The first-order valence-electron chi connectivity index (χ1n) is 5.96. The highest BCUT2D eigenvalue weighted by molar-refractivity contribution is 7.92. The molecule has 0 aliphatic rings. The second-order valence-corrected chi connectivity index (χ2v) is 6.55. The standard InChI is InChI=1S/C13H20N2O3S/c1-9-6-10(2)8-12(7-9)15(19(5,17)18)11(3)13(16)14-4/h6-8,11H,1-5H3,(H,14,16). The fourth-order valence-corrected chi connectivity index (χ4v) is 3.25. The predicted octanol–water partition coefficient (Wildman–Crippen LogP) is 1.20. The molecule has 6 heteroatoms. The molecule has 5 nitrogen and oxygen atoms in total. The zero-order valence-electron chi connectivity index (χ0n) is 11.9. The number of sulfonamides is 1. The Bertz CT molecular complexity index is 561. The summed E-state index contributed by atoms with van der Waals surface area (Å²) in [7, 11) is -2.05. The number of nitrogens with one attached hydrogen (secondary N) is 1. The zero-order valence-corrected chi connectivity index (χ0v) is 12.7. The average Bonchev–Trinajstić information content (AvgIpc) is 2.24. The molecule has 1 amide bonds. The lowest BCUT2D eigenvalue weighted by molar-refractivity contribution is -0.121. The van der Waals surface area contributed by atoms with Crippen molar-refractivity contribution in [2.24, 2.45) is 0 Å². The van der Waals surface area contributed by atoms with Crippen LogP contribution in [-0.4, -0.2) is 33.7 Å². The highest BCUT2D eigenvalue weighted by Crippen LogP contribution is 2.23. The van der Waals surface area contributed by atoms with Gasteiger partial charge in [-0.2, -0.15) is 0 Å². The second-order valence-electron chi connectivity index (χ2n) is 4.69. The van der Waals surface area contributed by atoms with E-state index >= 15 is 0 Å². The first-order valence-corrected chi connectivity index (χ1v) is 7.81. The molecule has 0 saturated carbocycles. The molecule has 0 fully saturated rings. The van der Waals surface area contributed by atoms with Gasteiger partial charge in [0.25, 0.3) is 0 Å². The summed E-state index contributed by atoms with van der Waals surface area (Å²) in [5.74, 6) is -0.343. The largest absolute Gasteiger partial charge is 0.357 e. The molecule has 0 bridgehead atoms. The molecular weight excluding hydrogens is 264 g/mol. The first kappa shape index (κ1) is 15.5. The third-order valence-electron chi connectivity index (χ3n) is 2.80.